The zero-order valence-electron chi connectivity index (χ0n) is 15.3. The Morgan fingerprint density at radius 2 is 1.35 bits per heavy atom. The van der Waals surface area contributed by atoms with Gasteiger partial charge in [-0.2, -0.15) is 8.42 Å². The monoisotopic (exact) mass is 378 g/mol. The summed E-state index contributed by atoms with van der Waals surface area (Å²) in [5.41, 5.74) is 0. The Kier molecular flexibility index (Phi) is 7.78. The topological polar surface area (TPSA) is 61.8 Å². The molecule has 0 amide bonds. The van der Waals surface area contributed by atoms with Crippen LogP contribution in [0, 0.1) is 0 Å². The first-order chi connectivity index (χ1) is 12.5. The minimum atomic E-state index is -3.91. The molecule has 5 nitrogen and oxygen atoms in total. The van der Waals surface area contributed by atoms with Gasteiger partial charge in [-0.15, -0.1) is 0 Å². The maximum atomic E-state index is 12.4. The van der Waals surface area contributed by atoms with Gasteiger partial charge >= 0.3 is 10.1 Å². The molecule has 0 N–H and O–H groups in total. The third-order valence-corrected chi connectivity index (χ3v) is 4.92. The number of benzene rings is 2. The van der Waals surface area contributed by atoms with Crippen LogP contribution in [0.5, 0.6) is 17.2 Å². The molecule has 0 heterocycles. The Bertz CT molecular complexity index is 769. The van der Waals surface area contributed by atoms with Gasteiger partial charge in [0.05, 0.1) is 13.2 Å². The second kappa shape index (κ2) is 10.1. The smallest absolute Gasteiger partial charge is 0.339 e. The summed E-state index contributed by atoms with van der Waals surface area (Å²) in [6.07, 6.45) is 3.97. The average molecular weight is 378 g/mol. The molecule has 26 heavy (non-hydrogen) atoms. The van der Waals surface area contributed by atoms with Crippen molar-refractivity contribution in [2.75, 3.05) is 13.2 Å². The standard InChI is InChI=1S/C20H26O5S/c1-3-5-14-23-17-10-12-20(13-11-17)26(21,22)25-19-9-7-8-18(16-19)24-15-6-4-2/h7-13,16H,3-6,14-15H2,1-2H3. The number of ether oxygens (including phenoxy) is 2. The second-order valence-corrected chi connectivity index (χ2v) is 7.43. The fourth-order valence-corrected chi connectivity index (χ4v) is 3.08. The van der Waals surface area contributed by atoms with Crippen LogP contribution in [0.2, 0.25) is 0 Å². The number of hydrogen-bond donors (Lipinski definition) is 0. The quantitative estimate of drug-likeness (QED) is 0.415. The van der Waals surface area contributed by atoms with Gasteiger partial charge in [-0.1, -0.05) is 32.8 Å². The van der Waals surface area contributed by atoms with Gasteiger partial charge in [0, 0.05) is 6.07 Å². The number of hydrogen-bond acceptors (Lipinski definition) is 5. The molecule has 142 valence electrons. The molecule has 0 unspecified atom stereocenters. The van der Waals surface area contributed by atoms with E-state index in [9.17, 15) is 8.42 Å². The fourth-order valence-electron chi connectivity index (χ4n) is 2.16. The second-order valence-electron chi connectivity index (χ2n) is 5.89. The van der Waals surface area contributed by atoms with E-state index in [0.29, 0.717) is 24.7 Å². The van der Waals surface area contributed by atoms with Gasteiger partial charge in [0.2, 0.25) is 0 Å². The van der Waals surface area contributed by atoms with Gasteiger partial charge in [-0.05, 0) is 49.2 Å². The summed E-state index contributed by atoms with van der Waals surface area (Å²) in [7, 11) is -3.91. The molecule has 0 aliphatic rings. The van der Waals surface area contributed by atoms with Crippen LogP contribution in [0.25, 0.3) is 0 Å². The Labute approximate surface area is 156 Å². The van der Waals surface area contributed by atoms with Crippen LogP contribution in [-0.2, 0) is 10.1 Å². The van der Waals surface area contributed by atoms with Crippen LogP contribution >= 0.6 is 0 Å². The lowest BCUT2D eigenvalue weighted by atomic mass is 10.3. The summed E-state index contributed by atoms with van der Waals surface area (Å²) < 4.78 is 41.2. The van der Waals surface area contributed by atoms with Crippen LogP contribution in [0.3, 0.4) is 0 Å². The van der Waals surface area contributed by atoms with Gasteiger partial charge in [0.25, 0.3) is 0 Å². The Hall–Kier alpha value is -2.21. The molecule has 2 rings (SSSR count). The van der Waals surface area contributed by atoms with Crippen molar-refractivity contribution in [3.8, 4) is 17.2 Å². The predicted molar refractivity (Wildman–Crippen MR) is 102 cm³/mol. The summed E-state index contributed by atoms with van der Waals surface area (Å²) in [6, 6.07) is 12.9. The molecule has 0 atom stereocenters. The molecule has 0 aromatic heterocycles. The molecule has 0 saturated heterocycles. The van der Waals surface area contributed by atoms with Crippen molar-refractivity contribution >= 4 is 10.1 Å². The summed E-state index contributed by atoms with van der Waals surface area (Å²) in [6.45, 7) is 5.37. The Balaban J connectivity index is 2.02. The number of rotatable bonds is 11. The first-order valence-corrected chi connectivity index (χ1v) is 10.4. The molecular weight excluding hydrogens is 352 g/mol. The summed E-state index contributed by atoms with van der Waals surface area (Å²) in [5, 5.41) is 0. The van der Waals surface area contributed by atoms with E-state index in [-0.39, 0.29) is 10.6 Å². The zero-order chi connectivity index (χ0) is 18.8. The molecule has 6 heteroatoms. The van der Waals surface area contributed by atoms with Crippen molar-refractivity contribution < 1.29 is 22.1 Å². The van der Waals surface area contributed by atoms with Crippen LogP contribution < -0.4 is 13.7 Å². The molecule has 2 aromatic rings. The van der Waals surface area contributed by atoms with Crippen LogP contribution in [-0.4, -0.2) is 21.6 Å². The van der Waals surface area contributed by atoms with Crippen LogP contribution in [0.1, 0.15) is 39.5 Å². The highest BCUT2D eigenvalue weighted by atomic mass is 32.2. The predicted octanol–water partition coefficient (Wildman–Crippen LogP) is 4.81. The lowest BCUT2D eigenvalue weighted by Crippen LogP contribution is -2.10. The van der Waals surface area contributed by atoms with E-state index in [1.165, 1.54) is 12.1 Å². The van der Waals surface area contributed by atoms with Gasteiger partial charge in [-0.25, -0.2) is 0 Å². The van der Waals surface area contributed by atoms with Crippen molar-refractivity contribution in [3.63, 3.8) is 0 Å². The van der Waals surface area contributed by atoms with Crippen LogP contribution in [0.4, 0.5) is 0 Å². The normalized spacial score (nSPS) is 11.2. The van der Waals surface area contributed by atoms with E-state index in [1.807, 2.05) is 0 Å². The molecule has 0 spiro atoms. The van der Waals surface area contributed by atoms with Gasteiger partial charge in [0.15, 0.2) is 0 Å². The third kappa shape index (κ3) is 6.26. The van der Waals surface area contributed by atoms with E-state index < -0.39 is 10.1 Å². The van der Waals surface area contributed by atoms with E-state index in [0.717, 1.165) is 25.7 Å². The third-order valence-electron chi connectivity index (χ3n) is 3.66. The molecule has 0 aliphatic carbocycles. The van der Waals surface area contributed by atoms with Crippen molar-refractivity contribution in [2.45, 2.75) is 44.4 Å². The molecule has 0 saturated carbocycles. The highest BCUT2D eigenvalue weighted by Crippen LogP contribution is 2.24. The molecule has 2 aromatic carbocycles. The number of unbranched alkanes of at least 4 members (excludes halogenated alkanes) is 2. The molecule has 0 radical (unpaired) electrons. The largest absolute Gasteiger partial charge is 0.494 e. The lowest BCUT2D eigenvalue weighted by molar-refractivity contribution is 0.308. The zero-order valence-corrected chi connectivity index (χ0v) is 16.1. The molecule has 0 fully saturated rings. The van der Waals surface area contributed by atoms with Gasteiger partial charge in [-0.3, -0.25) is 0 Å². The minimum absolute atomic E-state index is 0.0812. The maximum Gasteiger partial charge on any atom is 0.339 e. The van der Waals surface area contributed by atoms with E-state index in [2.05, 4.69) is 13.8 Å². The van der Waals surface area contributed by atoms with E-state index in [4.69, 9.17) is 13.7 Å². The first kappa shape index (κ1) is 20.1. The lowest BCUT2D eigenvalue weighted by Gasteiger charge is -2.10. The molecule has 0 aliphatic heterocycles. The fraction of sp³-hybridized carbons (Fsp3) is 0.400. The molecular formula is C20H26O5S. The van der Waals surface area contributed by atoms with Crippen LogP contribution in [0.15, 0.2) is 53.4 Å². The van der Waals surface area contributed by atoms with Gasteiger partial charge < -0.3 is 13.7 Å². The SMILES string of the molecule is CCCCOc1ccc(S(=O)(=O)Oc2cccc(OCCCC)c2)cc1. The average Bonchev–Trinajstić information content (AvgIpc) is 2.63. The molecule has 0 bridgehead atoms. The summed E-state index contributed by atoms with van der Waals surface area (Å²) >= 11 is 0. The maximum absolute atomic E-state index is 12.4. The van der Waals surface area contributed by atoms with Crippen molar-refractivity contribution in [1.29, 1.82) is 0 Å². The Morgan fingerprint density at radius 3 is 1.96 bits per heavy atom. The van der Waals surface area contributed by atoms with E-state index in [1.54, 1.807) is 36.4 Å². The summed E-state index contributed by atoms with van der Waals surface area (Å²) in [5.74, 6) is 1.46. The highest BCUT2D eigenvalue weighted by molar-refractivity contribution is 7.87. The minimum Gasteiger partial charge on any atom is -0.494 e. The van der Waals surface area contributed by atoms with E-state index >= 15 is 0 Å². The first-order valence-electron chi connectivity index (χ1n) is 8.95. The highest BCUT2D eigenvalue weighted by Gasteiger charge is 2.17. The Morgan fingerprint density at radius 1 is 0.769 bits per heavy atom. The van der Waals surface area contributed by atoms with Crippen molar-refractivity contribution in [1.82, 2.24) is 0 Å². The van der Waals surface area contributed by atoms with Crippen molar-refractivity contribution in [3.05, 3.63) is 48.5 Å². The van der Waals surface area contributed by atoms with Gasteiger partial charge in [0.1, 0.15) is 22.1 Å². The summed E-state index contributed by atoms with van der Waals surface area (Å²) in [4.78, 5) is 0.0812. The van der Waals surface area contributed by atoms with Crippen molar-refractivity contribution in [2.24, 2.45) is 0 Å².